The summed E-state index contributed by atoms with van der Waals surface area (Å²) in [6.07, 6.45) is 12.2. The molecule has 1 heterocycles. The van der Waals surface area contributed by atoms with Crippen LogP contribution in [0.3, 0.4) is 0 Å². The number of rotatable bonds is 7. The van der Waals surface area contributed by atoms with Gasteiger partial charge in [0.1, 0.15) is 0 Å². The first kappa shape index (κ1) is 20.0. The van der Waals surface area contributed by atoms with Crippen LogP contribution in [-0.4, -0.2) is 17.4 Å². The topological polar surface area (TPSA) is 44.9 Å². The van der Waals surface area contributed by atoms with Gasteiger partial charge in [0.25, 0.3) is 5.91 Å². The zero-order chi connectivity index (χ0) is 20.1. The van der Waals surface area contributed by atoms with Gasteiger partial charge < -0.3 is 10.3 Å². The molecule has 1 saturated carbocycles. The molecule has 0 radical (unpaired) electrons. The van der Waals surface area contributed by atoms with Gasteiger partial charge >= 0.3 is 0 Å². The van der Waals surface area contributed by atoms with Crippen molar-refractivity contribution in [2.24, 2.45) is 5.92 Å². The van der Waals surface area contributed by atoms with Crippen LogP contribution >= 0.6 is 11.6 Å². The van der Waals surface area contributed by atoms with Gasteiger partial charge in [-0.1, -0.05) is 55.8 Å². The summed E-state index contributed by atoms with van der Waals surface area (Å²) in [5.41, 5.74) is 4.30. The van der Waals surface area contributed by atoms with E-state index in [0.29, 0.717) is 6.54 Å². The minimum Gasteiger partial charge on any atom is -0.361 e. The molecule has 1 fully saturated rings. The zero-order valence-corrected chi connectivity index (χ0v) is 17.6. The second kappa shape index (κ2) is 9.49. The molecule has 3 aromatic rings. The normalized spacial score (nSPS) is 14.9. The summed E-state index contributed by atoms with van der Waals surface area (Å²) < 4.78 is 0. The van der Waals surface area contributed by atoms with Crippen molar-refractivity contribution in [1.29, 1.82) is 0 Å². The Morgan fingerprint density at radius 2 is 1.83 bits per heavy atom. The van der Waals surface area contributed by atoms with Crippen LogP contribution in [0.2, 0.25) is 5.02 Å². The molecular weight excluding hydrogens is 380 g/mol. The maximum Gasteiger partial charge on any atom is 0.251 e. The second-order valence-electron chi connectivity index (χ2n) is 8.25. The van der Waals surface area contributed by atoms with Gasteiger partial charge in [0.2, 0.25) is 0 Å². The quantitative estimate of drug-likeness (QED) is 0.473. The van der Waals surface area contributed by atoms with E-state index in [1.54, 1.807) is 0 Å². The smallest absolute Gasteiger partial charge is 0.251 e. The van der Waals surface area contributed by atoms with E-state index in [0.717, 1.165) is 40.2 Å². The number of amides is 1. The number of aromatic amines is 1. The predicted octanol–water partition coefficient (Wildman–Crippen LogP) is 6.31. The van der Waals surface area contributed by atoms with Gasteiger partial charge in [-0.05, 0) is 66.6 Å². The van der Waals surface area contributed by atoms with Crippen LogP contribution in [0.4, 0.5) is 0 Å². The SMILES string of the molecule is O=C(NCCc1c[nH]c2ccc(Cl)cc12)c1ccc(CCC2CCCCC2)cc1. The summed E-state index contributed by atoms with van der Waals surface area (Å²) >= 11 is 6.11. The first-order chi connectivity index (χ1) is 14.2. The Morgan fingerprint density at radius 1 is 1.03 bits per heavy atom. The van der Waals surface area contributed by atoms with Crippen LogP contribution in [0.1, 0.15) is 60.0 Å². The number of halogens is 1. The second-order valence-corrected chi connectivity index (χ2v) is 8.69. The first-order valence-electron chi connectivity index (χ1n) is 10.8. The molecule has 2 aromatic carbocycles. The van der Waals surface area contributed by atoms with E-state index in [-0.39, 0.29) is 5.91 Å². The number of aromatic nitrogens is 1. The third-order valence-corrected chi connectivity index (χ3v) is 6.43. The molecular formula is C25H29ClN2O. The molecule has 3 nitrogen and oxygen atoms in total. The highest BCUT2D eigenvalue weighted by Gasteiger charge is 2.13. The molecule has 1 aliphatic rings. The van der Waals surface area contributed by atoms with Gasteiger partial charge in [-0.15, -0.1) is 0 Å². The maximum absolute atomic E-state index is 12.5. The first-order valence-corrected chi connectivity index (χ1v) is 11.2. The Balaban J connectivity index is 1.26. The Morgan fingerprint density at radius 3 is 2.62 bits per heavy atom. The monoisotopic (exact) mass is 408 g/mol. The Bertz CT molecular complexity index is 955. The van der Waals surface area contributed by atoms with Gasteiger partial charge in [-0.25, -0.2) is 0 Å². The van der Waals surface area contributed by atoms with Crippen LogP contribution in [-0.2, 0) is 12.8 Å². The number of nitrogens with one attached hydrogen (secondary N) is 2. The molecule has 4 heteroatoms. The summed E-state index contributed by atoms with van der Waals surface area (Å²) in [6, 6.07) is 14.0. The van der Waals surface area contributed by atoms with Crippen molar-refractivity contribution in [3.63, 3.8) is 0 Å². The molecule has 0 saturated heterocycles. The number of hydrogen-bond donors (Lipinski definition) is 2. The van der Waals surface area contributed by atoms with E-state index >= 15 is 0 Å². The average Bonchev–Trinajstić information content (AvgIpc) is 3.15. The number of hydrogen-bond acceptors (Lipinski definition) is 1. The molecule has 1 aromatic heterocycles. The summed E-state index contributed by atoms with van der Waals surface area (Å²) in [7, 11) is 0. The molecule has 0 bridgehead atoms. The number of H-pyrrole nitrogens is 1. The van der Waals surface area contributed by atoms with E-state index in [4.69, 9.17) is 11.6 Å². The van der Waals surface area contributed by atoms with Gasteiger partial charge in [-0.3, -0.25) is 4.79 Å². The molecule has 1 amide bonds. The van der Waals surface area contributed by atoms with Crippen molar-refractivity contribution in [1.82, 2.24) is 10.3 Å². The third kappa shape index (κ3) is 5.22. The van der Waals surface area contributed by atoms with E-state index in [1.807, 2.05) is 36.5 Å². The standard InChI is InChI=1S/C25H29ClN2O/c26-22-12-13-24-23(16-22)21(17-28-24)14-15-27-25(29)20-10-8-19(9-11-20)7-6-18-4-2-1-3-5-18/h8-13,16-18,28H,1-7,14-15H2,(H,27,29). The van der Waals surface area contributed by atoms with Crippen molar-refractivity contribution in [3.05, 3.63) is 70.4 Å². The van der Waals surface area contributed by atoms with Crippen LogP contribution < -0.4 is 5.32 Å². The molecule has 2 N–H and O–H groups in total. The van der Waals surface area contributed by atoms with Crippen LogP contribution in [0.5, 0.6) is 0 Å². The van der Waals surface area contributed by atoms with Gasteiger partial charge in [0.05, 0.1) is 0 Å². The highest BCUT2D eigenvalue weighted by molar-refractivity contribution is 6.31. The van der Waals surface area contributed by atoms with Gasteiger partial charge in [0.15, 0.2) is 0 Å². The van der Waals surface area contributed by atoms with Crippen molar-refractivity contribution in [2.75, 3.05) is 6.54 Å². The molecule has 1 aliphatic carbocycles. The summed E-state index contributed by atoms with van der Waals surface area (Å²) in [6.45, 7) is 0.599. The van der Waals surface area contributed by atoms with Crippen LogP contribution in [0, 0.1) is 5.92 Å². The number of fused-ring (bicyclic) bond motifs is 1. The highest BCUT2D eigenvalue weighted by atomic mass is 35.5. The van der Waals surface area contributed by atoms with Crippen molar-refractivity contribution in [3.8, 4) is 0 Å². The fourth-order valence-corrected chi connectivity index (χ4v) is 4.61. The van der Waals surface area contributed by atoms with E-state index in [9.17, 15) is 4.79 Å². The molecule has 0 unspecified atom stereocenters. The molecule has 0 aliphatic heterocycles. The number of carbonyl (C=O) groups is 1. The van der Waals surface area contributed by atoms with Crippen molar-refractivity contribution < 1.29 is 4.79 Å². The predicted molar refractivity (Wildman–Crippen MR) is 121 cm³/mol. The van der Waals surface area contributed by atoms with Crippen molar-refractivity contribution in [2.45, 2.75) is 51.4 Å². The molecule has 4 rings (SSSR count). The molecule has 0 atom stereocenters. The molecule has 29 heavy (non-hydrogen) atoms. The maximum atomic E-state index is 12.5. The van der Waals surface area contributed by atoms with Crippen LogP contribution in [0.15, 0.2) is 48.7 Å². The zero-order valence-electron chi connectivity index (χ0n) is 16.8. The summed E-state index contributed by atoms with van der Waals surface area (Å²) in [4.78, 5) is 15.7. The van der Waals surface area contributed by atoms with Crippen LogP contribution in [0.25, 0.3) is 10.9 Å². The lowest BCUT2D eigenvalue weighted by molar-refractivity contribution is 0.0954. The minimum atomic E-state index is -0.0123. The molecule has 0 spiro atoms. The lowest BCUT2D eigenvalue weighted by Gasteiger charge is -2.21. The highest BCUT2D eigenvalue weighted by Crippen LogP contribution is 2.27. The van der Waals surface area contributed by atoms with E-state index < -0.39 is 0 Å². The number of aryl methyl sites for hydroxylation is 1. The average molecular weight is 409 g/mol. The van der Waals surface area contributed by atoms with E-state index in [1.165, 1.54) is 49.7 Å². The third-order valence-electron chi connectivity index (χ3n) is 6.19. The lowest BCUT2D eigenvalue weighted by atomic mass is 9.85. The Labute approximate surface area is 177 Å². The number of benzene rings is 2. The van der Waals surface area contributed by atoms with Gasteiger partial charge in [-0.2, -0.15) is 0 Å². The number of carbonyl (C=O) groups excluding carboxylic acids is 1. The summed E-state index contributed by atoms with van der Waals surface area (Å²) in [5, 5.41) is 4.88. The Kier molecular flexibility index (Phi) is 6.56. The summed E-state index contributed by atoms with van der Waals surface area (Å²) in [5.74, 6) is 0.882. The lowest BCUT2D eigenvalue weighted by Crippen LogP contribution is -2.25. The minimum absolute atomic E-state index is 0.0123. The Hall–Kier alpha value is -2.26. The van der Waals surface area contributed by atoms with Gasteiger partial charge in [0, 0.05) is 34.2 Å². The largest absolute Gasteiger partial charge is 0.361 e. The fraction of sp³-hybridized carbons (Fsp3) is 0.400. The fourth-order valence-electron chi connectivity index (χ4n) is 4.44. The molecule has 152 valence electrons. The van der Waals surface area contributed by atoms with E-state index in [2.05, 4.69) is 22.4 Å². The van der Waals surface area contributed by atoms with Crippen molar-refractivity contribution >= 4 is 28.4 Å².